The Morgan fingerprint density at radius 1 is 0.941 bits per heavy atom. The summed E-state index contributed by atoms with van der Waals surface area (Å²) in [6.07, 6.45) is 10.1. The van der Waals surface area contributed by atoms with Crippen LogP contribution in [0, 0.1) is 11.8 Å². The van der Waals surface area contributed by atoms with Crippen LogP contribution >= 0.6 is 23.2 Å². The Morgan fingerprint density at radius 2 is 1.41 bits per heavy atom. The molecule has 0 bridgehead atoms. The number of fused-ring (bicyclic) bond motifs is 2. The van der Waals surface area contributed by atoms with Crippen molar-refractivity contribution < 1.29 is 4.79 Å². The maximum absolute atomic E-state index is 12.4. The van der Waals surface area contributed by atoms with Gasteiger partial charge in [-0.15, -0.1) is 0 Å². The molecule has 0 saturated heterocycles. The Kier molecular flexibility index (Phi) is 2.76. The van der Waals surface area contributed by atoms with Crippen molar-refractivity contribution in [2.24, 2.45) is 11.8 Å². The van der Waals surface area contributed by atoms with Crippen LogP contribution in [-0.4, -0.2) is 5.78 Å². The van der Waals surface area contributed by atoms with E-state index >= 15 is 0 Å². The van der Waals surface area contributed by atoms with Crippen LogP contribution in [0.2, 0.25) is 0 Å². The number of carbonyl (C=O) groups is 1. The lowest BCUT2D eigenvalue weighted by Crippen LogP contribution is -2.34. The molecule has 3 heteroatoms. The topological polar surface area (TPSA) is 17.1 Å². The minimum atomic E-state index is -0.0165. The number of carbonyl (C=O) groups excluding carboxylic acids is 1. The number of hydrogen-bond donors (Lipinski definition) is 0. The van der Waals surface area contributed by atoms with E-state index in [1.165, 1.54) is 0 Å². The third-order valence-electron chi connectivity index (χ3n) is 3.79. The van der Waals surface area contributed by atoms with E-state index in [0.29, 0.717) is 0 Å². The van der Waals surface area contributed by atoms with Crippen LogP contribution in [0.25, 0.3) is 0 Å². The molecule has 0 radical (unpaired) electrons. The van der Waals surface area contributed by atoms with Crippen molar-refractivity contribution in [2.75, 3.05) is 0 Å². The molecule has 2 unspecified atom stereocenters. The van der Waals surface area contributed by atoms with Gasteiger partial charge in [-0.1, -0.05) is 35.4 Å². The van der Waals surface area contributed by atoms with Gasteiger partial charge in [0.15, 0.2) is 0 Å². The molecular weight excluding hydrogens is 255 g/mol. The summed E-state index contributed by atoms with van der Waals surface area (Å²) in [7, 11) is 0. The van der Waals surface area contributed by atoms with E-state index in [2.05, 4.69) is 0 Å². The third kappa shape index (κ3) is 1.73. The molecule has 0 spiro atoms. The van der Waals surface area contributed by atoms with Gasteiger partial charge in [0.05, 0.1) is 0 Å². The van der Waals surface area contributed by atoms with E-state index in [4.69, 9.17) is 23.2 Å². The summed E-state index contributed by atoms with van der Waals surface area (Å²) in [5.74, 6) is 0.251. The zero-order chi connectivity index (χ0) is 12.0. The summed E-state index contributed by atoms with van der Waals surface area (Å²) in [5, 5.41) is 1.44. The van der Waals surface area contributed by atoms with Crippen molar-refractivity contribution in [3.05, 3.63) is 45.5 Å². The first kappa shape index (κ1) is 11.3. The second kappa shape index (κ2) is 4.15. The van der Waals surface area contributed by atoms with Gasteiger partial charge < -0.3 is 0 Å². The van der Waals surface area contributed by atoms with Crippen molar-refractivity contribution in [2.45, 2.75) is 19.3 Å². The van der Waals surface area contributed by atoms with Gasteiger partial charge in [0.1, 0.15) is 5.78 Å². The average molecular weight is 267 g/mol. The predicted octanol–water partition coefficient (Wildman–Crippen LogP) is 4.10. The molecule has 0 aromatic carbocycles. The Bertz CT molecular complexity index is 464. The minimum absolute atomic E-state index is 0.0165. The average Bonchev–Trinajstić information content (AvgIpc) is 2.32. The fraction of sp³-hybridized carbons (Fsp3) is 0.357. The molecule has 1 saturated carbocycles. The molecular formula is C14H12Cl2O. The molecule has 3 rings (SSSR count). The van der Waals surface area contributed by atoms with Gasteiger partial charge in [-0.25, -0.2) is 0 Å². The zero-order valence-corrected chi connectivity index (χ0v) is 10.8. The number of ketones is 1. The van der Waals surface area contributed by atoms with Crippen LogP contribution in [-0.2, 0) is 4.79 Å². The first-order valence-electron chi connectivity index (χ1n) is 5.82. The van der Waals surface area contributed by atoms with Crippen LogP contribution < -0.4 is 0 Å². The molecule has 0 aromatic heterocycles. The fourth-order valence-corrected chi connectivity index (χ4v) is 3.46. The molecule has 1 nitrogen and oxygen atoms in total. The van der Waals surface area contributed by atoms with E-state index in [-0.39, 0.29) is 17.6 Å². The zero-order valence-electron chi connectivity index (χ0n) is 9.25. The summed E-state index contributed by atoms with van der Waals surface area (Å²) in [6.45, 7) is 0. The van der Waals surface area contributed by atoms with Gasteiger partial charge in [0, 0.05) is 21.9 Å². The Balaban J connectivity index is 2.09. The highest BCUT2D eigenvalue weighted by Gasteiger charge is 2.39. The van der Waals surface area contributed by atoms with Crippen LogP contribution in [0.3, 0.4) is 0 Å². The van der Waals surface area contributed by atoms with Crippen molar-refractivity contribution in [1.82, 2.24) is 0 Å². The second-order valence-corrected chi connectivity index (χ2v) is 5.52. The van der Waals surface area contributed by atoms with E-state index in [1.54, 1.807) is 0 Å². The molecule has 0 aromatic rings. The summed E-state index contributed by atoms with van der Waals surface area (Å²) in [4.78, 5) is 12.4. The van der Waals surface area contributed by atoms with Crippen molar-refractivity contribution in [3.63, 3.8) is 0 Å². The number of allylic oxidation sites excluding steroid dienone is 8. The van der Waals surface area contributed by atoms with Gasteiger partial charge in [0.2, 0.25) is 0 Å². The van der Waals surface area contributed by atoms with Crippen LogP contribution in [0.5, 0.6) is 0 Å². The second-order valence-electron chi connectivity index (χ2n) is 4.71. The Labute approximate surface area is 110 Å². The molecule has 0 heterocycles. The highest BCUT2D eigenvalue weighted by atomic mass is 35.5. The molecule has 88 valence electrons. The monoisotopic (exact) mass is 266 g/mol. The lowest BCUT2D eigenvalue weighted by atomic mass is 9.69. The van der Waals surface area contributed by atoms with Gasteiger partial charge in [-0.3, -0.25) is 4.79 Å². The number of hydrogen-bond acceptors (Lipinski definition) is 1. The van der Waals surface area contributed by atoms with E-state index in [1.807, 2.05) is 24.3 Å². The van der Waals surface area contributed by atoms with Gasteiger partial charge in [-0.05, 0) is 42.6 Å². The molecule has 2 atom stereocenters. The third-order valence-corrected chi connectivity index (χ3v) is 4.53. The Morgan fingerprint density at radius 3 is 1.88 bits per heavy atom. The van der Waals surface area contributed by atoms with Crippen molar-refractivity contribution in [1.29, 1.82) is 0 Å². The fourth-order valence-electron chi connectivity index (χ4n) is 2.89. The number of halogens is 2. The molecule has 0 N–H and O–H groups in total. The maximum Gasteiger partial charge on any atom is 0.147 e. The summed E-state index contributed by atoms with van der Waals surface area (Å²) >= 11 is 12.4. The first-order chi connectivity index (χ1) is 8.18. The van der Waals surface area contributed by atoms with Crippen molar-refractivity contribution in [3.8, 4) is 0 Å². The van der Waals surface area contributed by atoms with E-state index in [9.17, 15) is 4.79 Å². The molecule has 0 amide bonds. The largest absolute Gasteiger partial charge is 0.298 e. The number of rotatable bonds is 0. The van der Waals surface area contributed by atoms with Crippen molar-refractivity contribution >= 4 is 29.0 Å². The quantitative estimate of drug-likeness (QED) is 0.645. The molecule has 3 aliphatic carbocycles. The first-order valence-corrected chi connectivity index (χ1v) is 6.58. The molecule has 0 aliphatic heterocycles. The van der Waals surface area contributed by atoms with Crippen LogP contribution in [0.1, 0.15) is 19.3 Å². The lowest BCUT2D eigenvalue weighted by molar-refractivity contribution is -0.125. The van der Waals surface area contributed by atoms with E-state index < -0.39 is 0 Å². The molecule has 3 aliphatic rings. The van der Waals surface area contributed by atoms with E-state index in [0.717, 1.165) is 40.5 Å². The van der Waals surface area contributed by atoms with Gasteiger partial charge in [0.25, 0.3) is 0 Å². The summed E-state index contributed by atoms with van der Waals surface area (Å²) in [5.41, 5.74) is 2.11. The van der Waals surface area contributed by atoms with Gasteiger partial charge in [-0.2, -0.15) is 0 Å². The lowest BCUT2D eigenvalue weighted by Gasteiger charge is -2.35. The van der Waals surface area contributed by atoms with Gasteiger partial charge >= 0.3 is 0 Å². The SMILES string of the molecule is O=C1C2CC=CC(Cl)=C2CC2=C(Cl)C=CCC12. The summed E-state index contributed by atoms with van der Waals surface area (Å²) < 4.78 is 0. The normalized spacial score (nSPS) is 31.8. The molecule has 1 fully saturated rings. The predicted molar refractivity (Wildman–Crippen MR) is 69.9 cm³/mol. The maximum atomic E-state index is 12.4. The smallest absolute Gasteiger partial charge is 0.147 e. The Hall–Kier alpha value is -0.790. The van der Waals surface area contributed by atoms with Crippen LogP contribution in [0.4, 0.5) is 0 Å². The van der Waals surface area contributed by atoms with Crippen LogP contribution in [0.15, 0.2) is 45.5 Å². The minimum Gasteiger partial charge on any atom is -0.298 e. The summed E-state index contributed by atoms with van der Waals surface area (Å²) in [6, 6.07) is 0. The number of Topliss-reactive ketones (excluding diaryl/α,β-unsaturated/α-hetero) is 1. The standard InChI is InChI=1S/C14H12Cl2O/c15-12-5-1-3-8-10(12)7-11-9(14(8)17)4-2-6-13(11)16/h1-2,5-6,8-9H,3-4,7H2. The highest BCUT2D eigenvalue weighted by Crippen LogP contribution is 2.45. The highest BCUT2D eigenvalue weighted by molar-refractivity contribution is 6.33. The molecule has 17 heavy (non-hydrogen) atoms.